The van der Waals surface area contributed by atoms with Crippen molar-refractivity contribution in [2.45, 2.75) is 45.1 Å². The lowest BCUT2D eigenvalue weighted by Crippen LogP contribution is -2.43. The molecule has 0 spiro atoms. The molecule has 1 fully saturated rings. The number of ether oxygens (including phenoxy) is 4. The van der Waals surface area contributed by atoms with Crippen molar-refractivity contribution in [1.82, 2.24) is 15.2 Å². The molecule has 3 amide bonds. The normalized spacial score (nSPS) is 13.6. The van der Waals surface area contributed by atoms with Crippen LogP contribution in [0.25, 0.3) is 10.8 Å². The number of urea groups is 1. The zero-order valence-electron chi connectivity index (χ0n) is 34.5. The first-order chi connectivity index (χ1) is 28.0. The number of hydrogen-bond donors (Lipinski definition) is 5. The van der Waals surface area contributed by atoms with Crippen molar-refractivity contribution in [1.29, 1.82) is 0 Å². The van der Waals surface area contributed by atoms with E-state index in [0.29, 0.717) is 51.1 Å². The number of likely N-dealkylation sites (tertiary alicyclic amines) is 1. The molecule has 59 heavy (non-hydrogen) atoms. The molecule has 1 aromatic heterocycles. The molecule has 5 aromatic rings. The third-order valence-electron chi connectivity index (χ3n) is 9.85. The van der Waals surface area contributed by atoms with Crippen molar-refractivity contribution >= 4 is 61.3 Å². The highest BCUT2D eigenvalue weighted by atomic mass is 32.2. The minimum atomic E-state index is -3.65. The van der Waals surface area contributed by atoms with Crippen LogP contribution in [-0.2, 0) is 15.4 Å². The highest BCUT2D eigenvalue weighted by Crippen LogP contribution is 2.40. The molecule has 1 aliphatic rings. The molecule has 0 bridgehead atoms. The predicted molar refractivity (Wildman–Crippen MR) is 232 cm³/mol. The van der Waals surface area contributed by atoms with Crippen molar-refractivity contribution < 1.29 is 37.0 Å². The van der Waals surface area contributed by atoms with Crippen LogP contribution in [-0.4, -0.2) is 84.0 Å². The molecule has 1 aliphatic heterocycles. The molecule has 0 radical (unpaired) electrons. The molecule has 0 aliphatic carbocycles. The Labute approximate surface area is 344 Å². The molecule has 4 aromatic carbocycles. The quantitative estimate of drug-likeness (QED) is 0.0778. The maximum Gasteiger partial charge on any atom is 0.323 e. The summed E-state index contributed by atoms with van der Waals surface area (Å²) in [6.45, 7) is 7.77. The molecular weight excluding hydrogens is 775 g/mol. The van der Waals surface area contributed by atoms with Crippen LogP contribution in [0.4, 0.5) is 33.4 Å². The molecule has 0 saturated carbocycles. The fraction of sp³-hybridized carbons (Fsp3) is 0.326. The Balaban J connectivity index is 1.20. The van der Waals surface area contributed by atoms with Gasteiger partial charge in [0.05, 0.1) is 44.6 Å². The van der Waals surface area contributed by atoms with Crippen LogP contribution in [0, 0.1) is 0 Å². The monoisotopic (exact) mass is 825 g/mol. The van der Waals surface area contributed by atoms with Gasteiger partial charge in [-0.1, -0.05) is 45.0 Å². The summed E-state index contributed by atoms with van der Waals surface area (Å²) in [6.07, 6.45) is 4.39. The van der Waals surface area contributed by atoms with E-state index in [-0.39, 0.29) is 34.5 Å². The first-order valence-electron chi connectivity index (χ1n) is 19.0. The summed E-state index contributed by atoms with van der Waals surface area (Å²) in [4.78, 5) is 33.7. The van der Waals surface area contributed by atoms with Crippen LogP contribution in [0.1, 0.15) is 49.5 Å². The third kappa shape index (κ3) is 10.4. The molecule has 1 saturated heterocycles. The second-order valence-electron chi connectivity index (χ2n) is 15.4. The number of carbonyl (C=O) groups is 2. The Hall–Kier alpha value is -6.26. The van der Waals surface area contributed by atoms with Gasteiger partial charge < -0.3 is 45.1 Å². The number of methoxy groups -OCH3 is 3. The van der Waals surface area contributed by atoms with Gasteiger partial charge >= 0.3 is 6.03 Å². The Morgan fingerprint density at radius 3 is 2.07 bits per heavy atom. The minimum Gasteiger partial charge on any atom is -0.496 e. The van der Waals surface area contributed by atoms with Crippen LogP contribution in [0.2, 0.25) is 0 Å². The fourth-order valence-corrected chi connectivity index (χ4v) is 7.38. The molecule has 15 nitrogen and oxygen atoms in total. The van der Waals surface area contributed by atoms with Crippen molar-refractivity contribution in [3.05, 3.63) is 90.1 Å². The van der Waals surface area contributed by atoms with Crippen LogP contribution in [0.3, 0.4) is 0 Å². The zero-order valence-corrected chi connectivity index (χ0v) is 35.3. The lowest BCUT2D eigenvalue weighted by atomic mass is 9.86. The Bertz CT molecular complexity index is 2440. The van der Waals surface area contributed by atoms with Gasteiger partial charge in [-0.05, 0) is 74.3 Å². The second-order valence-corrected chi connectivity index (χ2v) is 17.1. The van der Waals surface area contributed by atoms with E-state index in [1.54, 1.807) is 54.7 Å². The first-order valence-corrected chi connectivity index (χ1v) is 20.9. The summed E-state index contributed by atoms with van der Waals surface area (Å²) in [5.41, 5.74) is 2.32. The van der Waals surface area contributed by atoms with E-state index in [1.807, 2.05) is 45.0 Å². The number of carbonyl (C=O) groups excluding carboxylic acids is 2. The number of hydrogen-bond acceptors (Lipinski definition) is 11. The van der Waals surface area contributed by atoms with Crippen LogP contribution in [0.15, 0.2) is 79.0 Å². The summed E-state index contributed by atoms with van der Waals surface area (Å²) >= 11 is 0. The second kappa shape index (κ2) is 17.7. The number of fused-ring (bicyclic) bond motifs is 1. The van der Waals surface area contributed by atoms with Gasteiger partial charge in [0.2, 0.25) is 10.0 Å². The summed E-state index contributed by atoms with van der Waals surface area (Å²) in [5.74, 6) is 2.10. The maximum absolute atomic E-state index is 13.5. The average Bonchev–Trinajstić information content (AvgIpc) is 3.18. The number of amides is 3. The number of pyridine rings is 1. The zero-order chi connectivity index (χ0) is 42.5. The van der Waals surface area contributed by atoms with E-state index in [9.17, 15) is 18.0 Å². The van der Waals surface area contributed by atoms with E-state index in [1.165, 1.54) is 21.3 Å². The van der Waals surface area contributed by atoms with Gasteiger partial charge in [0.1, 0.15) is 34.4 Å². The van der Waals surface area contributed by atoms with Crippen LogP contribution in [0.5, 0.6) is 28.7 Å². The number of sulfonamides is 1. The molecule has 16 heteroatoms. The SMILES string of the molecule is COc1cc(Nc2cc(Oc3ccc(NC(=O)Nc4cc(C(C)(C)C)cc(NS(C)(=O)=O)c4OC)c4ccccc34)ccn2)cc(OC)c1C(=O)NC1CCN(C)CC1. The number of nitrogens with one attached hydrogen (secondary N) is 5. The smallest absolute Gasteiger partial charge is 0.323 e. The van der Waals surface area contributed by atoms with Crippen LogP contribution >= 0.6 is 0 Å². The van der Waals surface area contributed by atoms with E-state index in [0.717, 1.165) is 43.1 Å². The standard InChI is InChI=1S/C43H51N7O8S/c1-43(2,3)26-21-33(40(57-7)34(22-26)49-59(8,53)54)48-42(52)47-32-13-14-35(31-12-10-9-11-30(31)32)58-29-15-18-44-38(25-29)45-28-23-36(55-5)39(37(24-28)56-6)41(51)46-27-16-19-50(4)20-17-27/h9-15,18,21-25,27,49H,16-17,19-20H2,1-8H3,(H,44,45)(H,46,51)(H2,47,48,52). The number of benzene rings is 4. The lowest BCUT2D eigenvalue weighted by Gasteiger charge is -2.29. The predicted octanol–water partition coefficient (Wildman–Crippen LogP) is 7.93. The molecule has 0 unspecified atom stereocenters. The van der Waals surface area contributed by atoms with Gasteiger partial charge in [0.15, 0.2) is 5.75 Å². The summed E-state index contributed by atoms with van der Waals surface area (Å²) in [7, 11) is 2.85. The molecule has 312 valence electrons. The van der Waals surface area contributed by atoms with Crippen molar-refractivity contribution in [2.24, 2.45) is 0 Å². The van der Waals surface area contributed by atoms with E-state index in [2.05, 4.69) is 42.9 Å². The van der Waals surface area contributed by atoms with Crippen molar-refractivity contribution in [3.63, 3.8) is 0 Å². The van der Waals surface area contributed by atoms with Gasteiger partial charge in [-0.25, -0.2) is 18.2 Å². The van der Waals surface area contributed by atoms with Crippen molar-refractivity contribution in [2.75, 3.05) is 68.4 Å². The van der Waals surface area contributed by atoms with E-state index in [4.69, 9.17) is 18.9 Å². The molecule has 6 rings (SSSR count). The van der Waals surface area contributed by atoms with Gasteiger partial charge in [-0.2, -0.15) is 0 Å². The molecule has 2 heterocycles. The Morgan fingerprint density at radius 1 is 0.797 bits per heavy atom. The maximum atomic E-state index is 13.5. The Morgan fingerprint density at radius 2 is 1.44 bits per heavy atom. The molecular formula is C43H51N7O8S. The van der Waals surface area contributed by atoms with Gasteiger partial charge in [0.25, 0.3) is 5.91 Å². The Kier molecular flexibility index (Phi) is 12.7. The highest BCUT2D eigenvalue weighted by Gasteiger charge is 2.26. The number of rotatable bonds is 13. The number of aromatic nitrogens is 1. The molecule has 5 N–H and O–H groups in total. The highest BCUT2D eigenvalue weighted by molar-refractivity contribution is 7.92. The van der Waals surface area contributed by atoms with Crippen molar-refractivity contribution in [3.8, 4) is 28.7 Å². The summed E-state index contributed by atoms with van der Waals surface area (Å²) in [6, 6.07) is 20.8. The topological polar surface area (TPSA) is 181 Å². The minimum absolute atomic E-state index is 0.0665. The summed E-state index contributed by atoms with van der Waals surface area (Å²) in [5, 5.41) is 13.6. The lowest BCUT2D eigenvalue weighted by molar-refractivity contribution is 0.0910. The van der Waals surface area contributed by atoms with E-state index >= 15 is 0 Å². The average molecular weight is 826 g/mol. The number of anilines is 5. The molecule has 0 atom stereocenters. The number of nitrogens with zero attached hydrogens (tertiary/aromatic N) is 2. The fourth-order valence-electron chi connectivity index (χ4n) is 6.83. The first kappa shape index (κ1) is 42.3. The van der Waals surface area contributed by atoms with Gasteiger partial charge in [-0.15, -0.1) is 0 Å². The number of piperidine rings is 1. The van der Waals surface area contributed by atoms with Gasteiger partial charge in [0, 0.05) is 46.9 Å². The van der Waals surface area contributed by atoms with Gasteiger partial charge in [-0.3, -0.25) is 9.52 Å². The largest absolute Gasteiger partial charge is 0.496 e. The van der Waals surface area contributed by atoms with Crippen LogP contribution < -0.4 is 44.9 Å². The van der Waals surface area contributed by atoms with E-state index < -0.39 is 16.1 Å². The third-order valence-corrected chi connectivity index (χ3v) is 10.4. The summed E-state index contributed by atoms with van der Waals surface area (Å²) < 4.78 is 50.1.